The Morgan fingerprint density at radius 2 is 0.923 bits per heavy atom. The second-order valence-corrected chi connectivity index (χ2v) is 13.2. The van der Waals surface area contributed by atoms with Crippen molar-refractivity contribution in [2.24, 2.45) is 14.1 Å². The lowest BCUT2D eigenvalue weighted by Gasteiger charge is -2.19. The van der Waals surface area contributed by atoms with Gasteiger partial charge in [-0.05, 0) is 70.5 Å². The molecule has 0 fully saturated rings. The minimum atomic E-state index is 0.0475. The van der Waals surface area contributed by atoms with E-state index in [2.05, 4.69) is 125 Å². The maximum Gasteiger partial charge on any atom is 0.230 e. The van der Waals surface area contributed by atoms with Crippen molar-refractivity contribution in [1.82, 2.24) is 9.13 Å². The van der Waals surface area contributed by atoms with Gasteiger partial charge < -0.3 is 18.6 Å². The maximum atomic E-state index is 6.30. The molecule has 0 unspecified atom stereocenters. The molecule has 6 aromatic rings. The number of nitrogens with zero attached hydrogens (tertiary/aromatic N) is 2. The standard InChI is InChI=1S/C35H36N2O2/c1-34(2,3)20-9-11-24-22(17-20)30-26(36(24)7)13-15-28-32(30)33-29(39-19-38-28)16-14-27-31(33)23-18-21(35(4,5)6)10-12-25(23)37(27)8/h9-18H,19H2,1-8H3. The van der Waals surface area contributed by atoms with Gasteiger partial charge in [0.1, 0.15) is 11.5 Å². The van der Waals surface area contributed by atoms with E-state index in [1.807, 2.05) is 0 Å². The Labute approximate surface area is 229 Å². The third-order valence-electron chi connectivity index (χ3n) is 8.68. The Morgan fingerprint density at radius 1 is 0.538 bits per heavy atom. The Balaban J connectivity index is 1.70. The van der Waals surface area contributed by atoms with Crippen LogP contribution in [-0.4, -0.2) is 15.9 Å². The van der Waals surface area contributed by atoms with Crippen LogP contribution in [0.5, 0.6) is 11.5 Å². The fourth-order valence-electron chi connectivity index (χ4n) is 6.39. The summed E-state index contributed by atoms with van der Waals surface area (Å²) in [6.07, 6.45) is 0. The highest BCUT2D eigenvalue weighted by molar-refractivity contribution is 6.24. The van der Waals surface area contributed by atoms with Crippen LogP contribution in [-0.2, 0) is 24.9 Å². The average Bonchev–Trinajstić information content (AvgIpc) is 3.24. The number of ether oxygens (including phenoxy) is 2. The normalized spacial score (nSPS) is 13.9. The van der Waals surface area contributed by atoms with E-state index in [0.717, 1.165) is 22.6 Å². The molecule has 4 nitrogen and oxygen atoms in total. The van der Waals surface area contributed by atoms with Crippen LogP contribution in [0.3, 0.4) is 0 Å². The summed E-state index contributed by atoms with van der Waals surface area (Å²) in [5, 5.41) is 4.94. The van der Waals surface area contributed by atoms with Crippen molar-refractivity contribution in [1.29, 1.82) is 0 Å². The molecule has 4 heteroatoms. The Morgan fingerprint density at radius 3 is 1.31 bits per heavy atom. The van der Waals surface area contributed by atoms with Crippen LogP contribution in [0, 0.1) is 0 Å². The van der Waals surface area contributed by atoms with Gasteiger partial charge >= 0.3 is 0 Å². The van der Waals surface area contributed by atoms with E-state index in [0.29, 0.717) is 0 Å². The van der Waals surface area contributed by atoms with Crippen molar-refractivity contribution in [2.75, 3.05) is 6.79 Å². The molecule has 0 atom stereocenters. The molecule has 0 saturated heterocycles. The first-order valence-corrected chi connectivity index (χ1v) is 13.8. The molecule has 0 N–H and O–H groups in total. The molecule has 1 aliphatic rings. The maximum absolute atomic E-state index is 6.30. The Kier molecular flexibility index (Phi) is 4.84. The van der Waals surface area contributed by atoms with Gasteiger partial charge in [-0.3, -0.25) is 0 Å². The number of rotatable bonds is 0. The minimum absolute atomic E-state index is 0.0475. The molecule has 0 spiro atoms. The fraction of sp³-hybridized carbons (Fsp3) is 0.314. The van der Waals surface area contributed by atoms with Crippen LogP contribution in [0.4, 0.5) is 0 Å². The van der Waals surface area contributed by atoms with Gasteiger partial charge in [-0.15, -0.1) is 0 Å². The molecule has 0 bridgehead atoms. The predicted octanol–water partition coefficient (Wildman–Crippen LogP) is 8.97. The Hall–Kier alpha value is -3.92. The molecule has 4 aromatic carbocycles. The molecule has 7 rings (SSSR count). The average molecular weight is 517 g/mol. The smallest absolute Gasteiger partial charge is 0.230 e. The van der Waals surface area contributed by atoms with Gasteiger partial charge in [0.15, 0.2) is 0 Å². The molecule has 39 heavy (non-hydrogen) atoms. The summed E-state index contributed by atoms with van der Waals surface area (Å²) in [7, 11) is 4.33. The van der Waals surface area contributed by atoms with E-state index in [1.54, 1.807) is 0 Å². The number of benzene rings is 4. The highest BCUT2D eigenvalue weighted by Crippen LogP contribution is 2.51. The summed E-state index contributed by atoms with van der Waals surface area (Å²) in [6.45, 7) is 13.8. The molecule has 0 aliphatic carbocycles. The molecular weight excluding hydrogens is 480 g/mol. The molecule has 2 aromatic heterocycles. The van der Waals surface area contributed by atoms with E-state index in [-0.39, 0.29) is 17.6 Å². The molecule has 198 valence electrons. The first kappa shape index (κ1) is 24.1. The van der Waals surface area contributed by atoms with Crippen molar-refractivity contribution in [3.05, 3.63) is 71.8 Å². The van der Waals surface area contributed by atoms with E-state index < -0.39 is 0 Å². The molecular formula is C35H36N2O2. The van der Waals surface area contributed by atoms with E-state index in [4.69, 9.17) is 9.47 Å². The summed E-state index contributed by atoms with van der Waals surface area (Å²) >= 11 is 0. The van der Waals surface area contributed by atoms with Crippen molar-refractivity contribution in [3.8, 4) is 22.6 Å². The van der Waals surface area contributed by atoms with Gasteiger partial charge in [-0.25, -0.2) is 0 Å². The molecule has 0 saturated carbocycles. The number of aromatic nitrogens is 2. The van der Waals surface area contributed by atoms with Crippen molar-refractivity contribution in [2.45, 2.75) is 52.4 Å². The van der Waals surface area contributed by atoms with E-state index in [1.165, 1.54) is 54.7 Å². The number of fused-ring (bicyclic) bond motifs is 11. The minimum Gasteiger partial charge on any atom is -0.457 e. The Bertz CT molecular complexity index is 1830. The number of aryl methyl sites for hydroxylation is 2. The highest BCUT2D eigenvalue weighted by atomic mass is 16.7. The van der Waals surface area contributed by atoms with Crippen LogP contribution in [0.2, 0.25) is 0 Å². The van der Waals surface area contributed by atoms with Crippen LogP contribution >= 0.6 is 0 Å². The zero-order valence-electron chi connectivity index (χ0n) is 24.2. The monoisotopic (exact) mass is 516 g/mol. The first-order valence-electron chi connectivity index (χ1n) is 13.8. The van der Waals surface area contributed by atoms with Gasteiger partial charge in [-0.2, -0.15) is 0 Å². The molecule has 0 amide bonds. The zero-order valence-corrected chi connectivity index (χ0v) is 24.2. The van der Waals surface area contributed by atoms with Crippen LogP contribution < -0.4 is 9.47 Å². The third kappa shape index (κ3) is 3.37. The lowest BCUT2D eigenvalue weighted by molar-refractivity contribution is 0.125. The number of hydrogen-bond donors (Lipinski definition) is 0. The summed E-state index contributed by atoms with van der Waals surface area (Å²) in [6, 6.07) is 22.4. The van der Waals surface area contributed by atoms with Crippen molar-refractivity contribution >= 4 is 43.6 Å². The zero-order chi connectivity index (χ0) is 27.4. The van der Waals surface area contributed by atoms with Crippen LogP contribution in [0.1, 0.15) is 52.7 Å². The quantitative estimate of drug-likeness (QED) is 0.202. The highest BCUT2D eigenvalue weighted by Gasteiger charge is 2.28. The topological polar surface area (TPSA) is 28.3 Å². The van der Waals surface area contributed by atoms with Gasteiger partial charge in [0.25, 0.3) is 0 Å². The molecule has 0 radical (unpaired) electrons. The second-order valence-electron chi connectivity index (χ2n) is 13.2. The van der Waals surface area contributed by atoms with E-state index >= 15 is 0 Å². The number of hydrogen-bond acceptors (Lipinski definition) is 2. The molecule has 1 aliphatic heterocycles. The van der Waals surface area contributed by atoms with E-state index in [9.17, 15) is 0 Å². The van der Waals surface area contributed by atoms with Gasteiger partial charge in [0.2, 0.25) is 6.79 Å². The largest absolute Gasteiger partial charge is 0.457 e. The third-order valence-corrected chi connectivity index (χ3v) is 8.68. The lowest BCUT2D eigenvalue weighted by Crippen LogP contribution is -2.10. The van der Waals surface area contributed by atoms with Crippen molar-refractivity contribution < 1.29 is 9.47 Å². The summed E-state index contributed by atoms with van der Waals surface area (Å²) < 4.78 is 17.2. The SMILES string of the molecule is Cn1c2ccc(C(C)(C)C)cc2c2c3c(ccc21)OCOc1ccc2c(c1-3)c1cc(C(C)(C)C)ccc1n2C. The first-order chi connectivity index (χ1) is 18.4. The van der Waals surface area contributed by atoms with Crippen LogP contribution in [0.15, 0.2) is 60.7 Å². The van der Waals surface area contributed by atoms with Crippen LogP contribution in [0.25, 0.3) is 54.7 Å². The fourth-order valence-corrected chi connectivity index (χ4v) is 6.39. The van der Waals surface area contributed by atoms with Gasteiger partial charge in [-0.1, -0.05) is 53.7 Å². The van der Waals surface area contributed by atoms with Gasteiger partial charge in [0, 0.05) is 68.8 Å². The lowest BCUT2D eigenvalue weighted by atomic mass is 9.85. The molecule has 3 heterocycles. The predicted molar refractivity (Wildman–Crippen MR) is 163 cm³/mol. The van der Waals surface area contributed by atoms with Crippen molar-refractivity contribution in [3.63, 3.8) is 0 Å². The second kappa shape index (κ2) is 7.81. The summed E-state index contributed by atoms with van der Waals surface area (Å²) in [5.74, 6) is 1.73. The van der Waals surface area contributed by atoms with Gasteiger partial charge in [0.05, 0.1) is 0 Å². The summed E-state index contributed by atoms with van der Waals surface area (Å²) in [5.41, 5.74) is 9.81. The summed E-state index contributed by atoms with van der Waals surface area (Å²) in [4.78, 5) is 0.